The lowest BCUT2D eigenvalue weighted by atomic mass is 9.89. The van der Waals surface area contributed by atoms with Gasteiger partial charge in [0.25, 0.3) is 0 Å². The predicted molar refractivity (Wildman–Crippen MR) is 82.5 cm³/mol. The van der Waals surface area contributed by atoms with Crippen LogP contribution in [0, 0.1) is 17.8 Å². The minimum Gasteiger partial charge on any atom is -0.396 e. The van der Waals surface area contributed by atoms with Crippen molar-refractivity contribution in [2.75, 3.05) is 26.2 Å². The van der Waals surface area contributed by atoms with Crippen LogP contribution < -0.4 is 5.32 Å². The van der Waals surface area contributed by atoms with Gasteiger partial charge in [0.15, 0.2) is 0 Å². The Balaban J connectivity index is 2.56. The summed E-state index contributed by atoms with van der Waals surface area (Å²) in [6.45, 7) is 11.8. The lowest BCUT2D eigenvalue weighted by Crippen LogP contribution is -2.52. The highest BCUT2D eigenvalue weighted by Crippen LogP contribution is 2.22. The molecule has 1 heterocycles. The van der Waals surface area contributed by atoms with Crippen LogP contribution in [0.2, 0.25) is 0 Å². The molecular formula is C16H32N2O2. The Kier molecular flexibility index (Phi) is 7.52. The summed E-state index contributed by atoms with van der Waals surface area (Å²) in [7, 11) is 0. The highest BCUT2D eigenvalue weighted by Gasteiger charge is 2.28. The molecule has 0 radical (unpaired) electrons. The van der Waals surface area contributed by atoms with E-state index >= 15 is 0 Å². The third kappa shape index (κ3) is 6.23. The third-order valence-corrected chi connectivity index (χ3v) is 3.88. The number of hydrogen-bond donors (Lipinski definition) is 2. The first-order valence-corrected chi connectivity index (χ1v) is 8.06. The van der Waals surface area contributed by atoms with Crippen molar-refractivity contribution >= 4 is 5.91 Å². The van der Waals surface area contributed by atoms with Crippen LogP contribution in [0.5, 0.6) is 0 Å². The number of hydrogen-bond acceptors (Lipinski definition) is 3. The van der Waals surface area contributed by atoms with E-state index in [4.69, 9.17) is 5.11 Å². The van der Waals surface area contributed by atoms with Crippen molar-refractivity contribution in [3.8, 4) is 0 Å². The van der Waals surface area contributed by atoms with Crippen LogP contribution >= 0.6 is 0 Å². The monoisotopic (exact) mass is 284 g/mol. The standard InChI is InChI=1S/C16H32N2O2/c1-12(2)9-18-10-14(6-5-7-19)8-15(11-18)17-16(20)13(3)4/h12-15,19H,5-11H2,1-4H3,(H,17,20). The molecule has 1 rings (SSSR count). The first kappa shape index (κ1) is 17.4. The maximum Gasteiger partial charge on any atom is 0.222 e. The number of aliphatic hydroxyl groups is 1. The van der Waals surface area contributed by atoms with Crippen molar-refractivity contribution in [2.24, 2.45) is 17.8 Å². The van der Waals surface area contributed by atoms with Gasteiger partial charge >= 0.3 is 0 Å². The molecule has 1 amide bonds. The van der Waals surface area contributed by atoms with Gasteiger partial charge in [0.05, 0.1) is 0 Å². The van der Waals surface area contributed by atoms with Crippen molar-refractivity contribution < 1.29 is 9.90 Å². The van der Waals surface area contributed by atoms with Crippen molar-refractivity contribution in [3.05, 3.63) is 0 Å². The van der Waals surface area contributed by atoms with Crippen LogP contribution in [0.25, 0.3) is 0 Å². The van der Waals surface area contributed by atoms with Crippen LogP contribution in [0.3, 0.4) is 0 Å². The third-order valence-electron chi connectivity index (χ3n) is 3.88. The molecule has 1 aliphatic heterocycles. The van der Waals surface area contributed by atoms with E-state index in [1.807, 2.05) is 13.8 Å². The molecule has 2 N–H and O–H groups in total. The molecule has 118 valence electrons. The molecule has 0 aliphatic carbocycles. The summed E-state index contributed by atoms with van der Waals surface area (Å²) in [6, 6.07) is 0.265. The average molecular weight is 284 g/mol. The number of nitrogens with one attached hydrogen (secondary N) is 1. The molecule has 2 unspecified atom stereocenters. The molecule has 0 aromatic rings. The number of likely N-dealkylation sites (tertiary alicyclic amines) is 1. The smallest absolute Gasteiger partial charge is 0.222 e. The SMILES string of the molecule is CC(C)CN1CC(CCCO)CC(NC(=O)C(C)C)C1. The van der Waals surface area contributed by atoms with E-state index in [2.05, 4.69) is 24.1 Å². The molecule has 1 aliphatic rings. The van der Waals surface area contributed by atoms with E-state index in [9.17, 15) is 4.79 Å². The summed E-state index contributed by atoms with van der Waals surface area (Å²) in [5.41, 5.74) is 0. The van der Waals surface area contributed by atoms with Gasteiger partial charge in [-0.25, -0.2) is 0 Å². The number of amides is 1. The zero-order valence-electron chi connectivity index (χ0n) is 13.6. The second-order valence-electron chi connectivity index (χ2n) is 6.94. The summed E-state index contributed by atoms with van der Waals surface area (Å²) in [5, 5.41) is 12.2. The Labute approximate surface area is 123 Å². The van der Waals surface area contributed by atoms with E-state index in [-0.39, 0.29) is 24.5 Å². The molecule has 0 aromatic heterocycles. The van der Waals surface area contributed by atoms with Gasteiger partial charge in [0, 0.05) is 38.2 Å². The van der Waals surface area contributed by atoms with Crippen molar-refractivity contribution in [2.45, 2.75) is 53.0 Å². The van der Waals surface area contributed by atoms with E-state index in [0.29, 0.717) is 11.8 Å². The fourth-order valence-electron chi connectivity index (χ4n) is 3.03. The van der Waals surface area contributed by atoms with Gasteiger partial charge in [0.1, 0.15) is 0 Å². The van der Waals surface area contributed by atoms with E-state index in [0.717, 1.165) is 38.9 Å². The molecule has 20 heavy (non-hydrogen) atoms. The molecule has 0 bridgehead atoms. The van der Waals surface area contributed by atoms with Crippen molar-refractivity contribution in [1.29, 1.82) is 0 Å². The summed E-state index contributed by atoms with van der Waals surface area (Å²) < 4.78 is 0. The molecule has 4 nitrogen and oxygen atoms in total. The average Bonchev–Trinajstić information content (AvgIpc) is 2.35. The van der Waals surface area contributed by atoms with Gasteiger partial charge in [-0.2, -0.15) is 0 Å². The van der Waals surface area contributed by atoms with Crippen LogP contribution in [0.4, 0.5) is 0 Å². The van der Waals surface area contributed by atoms with E-state index < -0.39 is 0 Å². The minimum atomic E-state index is 0.0476. The number of carbonyl (C=O) groups excluding carboxylic acids is 1. The predicted octanol–water partition coefficient (Wildman–Crippen LogP) is 1.88. The van der Waals surface area contributed by atoms with Crippen molar-refractivity contribution in [1.82, 2.24) is 10.2 Å². The minimum absolute atomic E-state index is 0.0476. The Morgan fingerprint density at radius 1 is 1.30 bits per heavy atom. The first-order chi connectivity index (χ1) is 9.42. The normalized spacial score (nSPS) is 24.4. The molecular weight excluding hydrogens is 252 g/mol. The van der Waals surface area contributed by atoms with E-state index in [1.54, 1.807) is 0 Å². The molecule has 4 heteroatoms. The van der Waals surface area contributed by atoms with Crippen molar-refractivity contribution in [3.63, 3.8) is 0 Å². The van der Waals surface area contributed by atoms with Gasteiger partial charge in [0.2, 0.25) is 5.91 Å². The zero-order valence-corrected chi connectivity index (χ0v) is 13.6. The molecule has 1 fully saturated rings. The van der Waals surface area contributed by atoms with Crippen LogP contribution in [0.1, 0.15) is 47.0 Å². The summed E-state index contributed by atoms with van der Waals surface area (Å²) in [5.74, 6) is 1.44. The van der Waals surface area contributed by atoms with Gasteiger partial charge in [-0.3, -0.25) is 4.79 Å². The Morgan fingerprint density at radius 3 is 2.55 bits per heavy atom. The second-order valence-corrected chi connectivity index (χ2v) is 6.94. The zero-order chi connectivity index (χ0) is 15.1. The maximum atomic E-state index is 11.9. The lowest BCUT2D eigenvalue weighted by molar-refractivity contribution is -0.125. The molecule has 0 saturated carbocycles. The van der Waals surface area contributed by atoms with Crippen LogP contribution in [-0.2, 0) is 4.79 Å². The fourth-order valence-corrected chi connectivity index (χ4v) is 3.03. The number of nitrogens with zero attached hydrogens (tertiary/aromatic N) is 1. The Bertz CT molecular complexity index is 292. The Hall–Kier alpha value is -0.610. The van der Waals surface area contributed by atoms with Crippen LogP contribution in [0.15, 0.2) is 0 Å². The van der Waals surface area contributed by atoms with Gasteiger partial charge in [-0.15, -0.1) is 0 Å². The summed E-state index contributed by atoms with van der Waals surface area (Å²) in [6.07, 6.45) is 2.97. The maximum absolute atomic E-state index is 11.9. The van der Waals surface area contributed by atoms with E-state index in [1.165, 1.54) is 0 Å². The largest absolute Gasteiger partial charge is 0.396 e. The molecule has 2 atom stereocenters. The lowest BCUT2D eigenvalue weighted by Gasteiger charge is -2.39. The van der Waals surface area contributed by atoms with Crippen LogP contribution in [-0.4, -0.2) is 48.2 Å². The molecule has 0 aromatic carbocycles. The highest BCUT2D eigenvalue weighted by molar-refractivity contribution is 5.78. The highest BCUT2D eigenvalue weighted by atomic mass is 16.2. The Morgan fingerprint density at radius 2 is 2.00 bits per heavy atom. The van der Waals surface area contributed by atoms with Gasteiger partial charge in [-0.1, -0.05) is 27.7 Å². The van der Waals surface area contributed by atoms with Gasteiger partial charge < -0.3 is 15.3 Å². The number of rotatable bonds is 7. The molecule has 0 spiro atoms. The second kappa shape index (κ2) is 8.63. The number of aliphatic hydroxyl groups excluding tert-OH is 1. The summed E-state index contributed by atoms with van der Waals surface area (Å²) in [4.78, 5) is 14.4. The molecule has 1 saturated heterocycles. The van der Waals surface area contributed by atoms with Gasteiger partial charge in [-0.05, 0) is 31.1 Å². The fraction of sp³-hybridized carbons (Fsp3) is 0.938. The first-order valence-electron chi connectivity index (χ1n) is 8.06. The topological polar surface area (TPSA) is 52.6 Å². The number of piperidine rings is 1. The quantitative estimate of drug-likeness (QED) is 0.750. The summed E-state index contributed by atoms with van der Waals surface area (Å²) >= 11 is 0. The number of carbonyl (C=O) groups is 1.